The Kier molecular flexibility index (Phi) is 5.17. The van der Waals surface area contributed by atoms with Crippen LogP contribution in [-0.4, -0.2) is 23.9 Å². The minimum absolute atomic E-state index is 0.0420. The summed E-state index contributed by atoms with van der Waals surface area (Å²) in [4.78, 5) is 14.7. The Bertz CT molecular complexity index is 747. The molecule has 0 saturated carbocycles. The first-order valence-electron chi connectivity index (χ1n) is 8.22. The SMILES string of the molecule is N#Cc1ccc(C(=O)N2CCCC[C@H](c3ccc(Cl)cc3)C2)cc1. The highest BCUT2D eigenvalue weighted by Crippen LogP contribution is 2.28. The Morgan fingerprint density at radius 3 is 2.46 bits per heavy atom. The van der Waals surface area contributed by atoms with Gasteiger partial charge in [-0.05, 0) is 54.8 Å². The second kappa shape index (κ2) is 7.51. The molecule has 4 heteroatoms. The molecule has 2 aromatic rings. The monoisotopic (exact) mass is 338 g/mol. The van der Waals surface area contributed by atoms with Gasteiger partial charge in [-0.2, -0.15) is 5.26 Å². The molecule has 1 aliphatic heterocycles. The fourth-order valence-electron chi connectivity index (χ4n) is 3.20. The maximum atomic E-state index is 12.8. The van der Waals surface area contributed by atoms with Crippen LogP contribution in [-0.2, 0) is 0 Å². The average molecular weight is 339 g/mol. The number of hydrogen-bond donors (Lipinski definition) is 0. The van der Waals surface area contributed by atoms with Crippen molar-refractivity contribution in [2.45, 2.75) is 25.2 Å². The largest absolute Gasteiger partial charge is 0.338 e. The second-order valence-electron chi connectivity index (χ2n) is 6.18. The van der Waals surface area contributed by atoms with Gasteiger partial charge in [0.1, 0.15) is 0 Å². The van der Waals surface area contributed by atoms with Crippen LogP contribution in [0, 0.1) is 11.3 Å². The number of halogens is 1. The zero-order valence-electron chi connectivity index (χ0n) is 13.4. The van der Waals surface area contributed by atoms with Crippen molar-refractivity contribution in [1.82, 2.24) is 4.90 Å². The quantitative estimate of drug-likeness (QED) is 0.801. The van der Waals surface area contributed by atoms with Crippen molar-refractivity contribution in [3.63, 3.8) is 0 Å². The van der Waals surface area contributed by atoms with E-state index >= 15 is 0 Å². The fourth-order valence-corrected chi connectivity index (χ4v) is 3.33. The van der Waals surface area contributed by atoms with Gasteiger partial charge in [0.05, 0.1) is 11.6 Å². The summed E-state index contributed by atoms with van der Waals surface area (Å²) in [6, 6.07) is 16.9. The van der Waals surface area contributed by atoms with Crippen LogP contribution in [0.2, 0.25) is 5.02 Å². The molecule has 0 bridgehead atoms. The van der Waals surface area contributed by atoms with Gasteiger partial charge in [0.25, 0.3) is 5.91 Å². The molecule has 1 saturated heterocycles. The molecule has 0 aliphatic carbocycles. The molecule has 0 aromatic heterocycles. The molecule has 0 spiro atoms. The van der Waals surface area contributed by atoms with Crippen molar-refractivity contribution in [2.24, 2.45) is 0 Å². The molecule has 3 nitrogen and oxygen atoms in total. The van der Waals surface area contributed by atoms with Gasteiger partial charge in [-0.15, -0.1) is 0 Å². The molecule has 0 unspecified atom stereocenters. The number of amides is 1. The topological polar surface area (TPSA) is 44.1 Å². The number of benzene rings is 2. The summed E-state index contributed by atoms with van der Waals surface area (Å²) in [5.74, 6) is 0.382. The Morgan fingerprint density at radius 2 is 1.79 bits per heavy atom. The van der Waals surface area contributed by atoms with E-state index in [9.17, 15) is 4.79 Å². The lowest BCUT2D eigenvalue weighted by Crippen LogP contribution is -2.34. The molecule has 2 aromatic carbocycles. The Balaban J connectivity index is 1.77. The first kappa shape index (κ1) is 16.5. The van der Waals surface area contributed by atoms with Gasteiger partial charge in [0, 0.05) is 29.6 Å². The van der Waals surface area contributed by atoms with E-state index in [0.717, 1.165) is 37.4 Å². The summed E-state index contributed by atoms with van der Waals surface area (Å²) < 4.78 is 0. The molecular formula is C20H19ClN2O. The van der Waals surface area contributed by atoms with E-state index < -0.39 is 0 Å². The van der Waals surface area contributed by atoms with Crippen molar-refractivity contribution < 1.29 is 4.79 Å². The van der Waals surface area contributed by atoms with Crippen LogP contribution in [0.15, 0.2) is 48.5 Å². The lowest BCUT2D eigenvalue weighted by atomic mass is 9.94. The molecule has 1 heterocycles. The van der Waals surface area contributed by atoms with Crippen LogP contribution in [0.4, 0.5) is 0 Å². The van der Waals surface area contributed by atoms with Crippen molar-refractivity contribution in [3.8, 4) is 6.07 Å². The van der Waals surface area contributed by atoms with E-state index in [1.807, 2.05) is 17.0 Å². The Morgan fingerprint density at radius 1 is 1.08 bits per heavy atom. The number of likely N-dealkylation sites (tertiary alicyclic amines) is 1. The van der Waals surface area contributed by atoms with Crippen LogP contribution in [0.3, 0.4) is 0 Å². The van der Waals surface area contributed by atoms with Crippen LogP contribution in [0.1, 0.15) is 46.7 Å². The van der Waals surface area contributed by atoms with Gasteiger partial charge in [-0.25, -0.2) is 0 Å². The second-order valence-corrected chi connectivity index (χ2v) is 6.62. The van der Waals surface area contributed by atoms with E-state index in [-0.39, 0.29) is 5.91 Å². The third-order valence-corrected chi connectivity index (χ3v) is 4.81. The molecule has 122 valence electrons. The number of nitrogens with zero attached hydrogens (tertiary/aromatic N) is 2. The lowest BCUT2D eigenvalue weighted by molar-refractivity contribution is 0.0754. The Labute approximate surface area is 147 Å². The zero-order chi connectivity index (χ0) is 16.9. The molecule has 0 radical (unpaired) electrons. The van der Waals surface area contributed by atoms with Gasteiger partial charge in [-0.1, -0.05) is 30.2 Å². The summed E-state index contributed by atoms with van der Waals surface area (Å²) >= 11 is 5.98. The van der Waals surface area contributed by atoms with E-state index in [2.05, 4.69) is 18.2 Å². The summed E-state index contributed by atoms with van der Waals surface area (Å²) in [7, 11) is 0. The molecule has 1 amide bonds. The molecule has 1 atom stereocenters. The zero-order valence-corrected chi connectivity index (χ0v) is 14.2. The summed E-state index contributed by atoms with van der Waals surface area (Å²) in [6.07, 6.45) is 3.22. The summed E-state index contributed by atoms with van der Waals surface area (Å²) in [5, 5.41) is 9.61. The highest BCUT2D eigenvalue weighted by atomic mass is 35.5. The first-order valence-corrected chi connectivity index (χ1v) is 8.60. The number of carbonyl (C=O) groups is 1. The number of rotatable bonds is 2. The normalized spacial score (nSPS) is 17.8. The highest BCUT2D eigenvalue weighted by molar-refractivity contribution is 6.30. The number of nitriles is 1. The van der Waals surface area contributed by atoms with Gasteiger partial charge in [0.2, 0.25) is 0 Å². The predicted octanol–water partition coefficient (Wildman–Crippen LogP) is 4.62. The number of carbonyl (C=O) groups excluding carboxylic acids is 1. The van der Waals surface area contributed by atoms with Gasteiger partial charge < -0.3 is 4.90 Å². The van der Waals surface area contributed by atoms with Crippen molar-refractivity contribution >= 4 is 17.5 Å². The third kappa shape index (κ3) is 3.77. The van der Waals surface area contributed by atoms with E-state index in [4.69, 9.17) is 16.9 Å². The highest BCUT2D eigenvalue weighted by Gasteiger charge is 2.24. The molecule has 24 heavy (non-hydrogen) atoms. The third-order valence-electron chi connectivity index (χ3n) is 4.56. The van der Waals surface area contributed by atoms with Crippen LogP contribution in [0.25, 0.3) is 0 Å². The molecule has 1 aliphatic rings. The van der Waals surface area contributed by atoms with Crippen LogP contribution in [0.5, 0.6) is 0 Å². The van der Waals surface area contributed by atoms with Gasteiger partial charge >= 0.3 is 0 Å². The smallest absolute Gasteiger partial charge is 0.253 e. The molecule has 1 fully saturated rings. The van der Waals surface area contributed by atoms with Crippen molar-refractivity contribution in [1.29, 1.82) is 5.26 Å². The molecule has 0 N–H and O–H groups in total. The average Bonchev–Trinajstić information content (AvgIpc) is 2.88. The van der Waals surface area contributed by atoms with Gasteiger partial charge in [-0.3, -0.25) is 4.79 Å². The first-order chi connectivity index (χ1) is 11.7. The maximum absolute atomic E-state index is 12.8. The minimum atomic E-state index is 0.0420. The lowest BCUT2D eigenvalue weighted by Gasteiger charge is -2.25. The Hall–Kier alpha value is -2.31. The van der Waals surface area contributed by atoms with Crippen molar-refractivity contribution in [3.05, 3.63) is 70.2 Å². The molecule has 3 rings (SSSR count). The van der Waals surface area contributed by atoms with Crippen molar-refractivity contribution in [2.75, 3.05) is 13.1 Å². The van der Waals surface area contributed by atoms with Gasteiger partial charge in [0.15, 0.2) is 0 Å². The summed E-state index contributed by atoms with van der Waals surface area (Å²) in [6.45, 7) is 1.50. The van der Waals surface area contributed by atoms with Crippen LogP contribution < -0.4 is 0 Å². The summed E-state index contributed by atoms with van der Waals surface area (Å²) in [5.41, 5.74) is 2.45. The van der Waals surface area contributed by atoms with E-state index in [1.165, 1.54) is 5.56 Å². The minimum Gasteiger partial charge on any atom is -0.338 e. The van der Waals surface area contributed by atoms with E-state index in [0.29, 0.717) is 17.0 Å². The number of hydrogen-bond acceptors (Lipinski definition) is 2. The standard InChI is InChI=1S/C20H19ClN2O/c21-19-10-8-16(9-11-19)18-3-1-2-12-23(14-18)20(24)17-6-4-15(13-22)5-7-17/h4-11,18H,1-3,12,14H2/t18-/m0/s1. The molecular weight excluding hydrogens is 320 g/mol. The fraction of sp³-hybridized carbons (Fsp3) is 0.300. The predicted molar refractivity (Wildman–Crippen MR) is 95.1 cm³/mol. The maximum Gasteiger partial charge on any atom is 0.253 e. The van der Waals surface area contributed by atoms with Crippen LogP contribution >= 0.6 is 11.6 Å². The van der Waals surface area contributed by atoms with E-state index in [1.54, 1.807) is 24.3 Å².